The summed E-state index contributed by atoms with van der Waals surface area (Å²) in [4.78, 5) is 1.33. The highest BCUT2D eigenvalue weighted by Gasteiger charge is 2.32. The Kier molecular flexibility index (Phi) is 2.69. The number of hydrogen-bond donors (Lipinski definition) is 1. The summed E-state index contributed by atoms with van der Waals surface area (Å²) in [5.41, 5.74) is 2.24. The van der Waals surface area contributed by atoms with Crippen molar-refractivity contribution in [2.45, 2.75) is 26.4 Å². The lowest BCUT2D eigenvalue weighted by atomic mass is 9.93. The molecule has 1 aliphatic heterocycles. The molecular formula is C12H14OS2. The van der Waals surface area contributed by atoms with E-state index in [2.05, 4.69) is 44.8 Å². The van der Waals surface area contributed by atoms with Gasteiger partial charge in [-0.1, -0.05) is 0 Å². The number of thiophene rings is 1. The Morgan fingerprint density at radius 2 is 2.20 bits per heavy atom. The number of rotatable bonds is 1. The third kappa shape index (κ3) is 1.74. The molecule has 3 heteroatoms. The lowest BCUT2D eigenvalue weighted by molar-refractivity contribution is 0.0364. The fraction of sp³-hybridized carbons (Fsp3) is 0.333. The van der Waals surface area contributed by atoms with Crippen LogP contribution in [0.2, 0.25) is 0 Å². The molecule has 0 atom stereocenters. The Morgan fingerprint density at radius 3 is 2.87 bits per heavy atom. The Hall–Kier alpha value is -0.670. The average molecular weight is 238 g/mol. The van der Waals surface area contributed by atoms with E-state index in [0.29, 0.717) is 0 Å². The zero-order valence-corrected chi connectivity index (χ0v) is 10.8. The van der Waals surface area contributed by atoms with E-state index in [0.717, 1.165) is 5.76 Å². The molecule has 1 nitrogen and oxygen atoms in total. The van der Waals surface area contributed by atoms with Crippen molar-refractivity contribution in [2.24, 2.45) is 0 Å². The van der Waals surface area contributed by atoms with E-state index in [9.17, 15) is 0 Å². The fourth-order valence-electron chi connectivity index (χ4n) is 1.82. The monoisotopic (exact) mass is 238 g/mol. The van der Waals surface area contributed by atoms with Crippen LogP contribution in [0.15, 0.2) is 28.7 Å². The Labute approximate surface area is 99.9 Å². The SMILES string of the molecule is CC1=C(/C=C\S)OC(C)(C)c2ccsc21. The van der Waals surface area contributed by atoms with Gasteiger partial charge in [-0.05, 0) is 43.7 Å². The van der Waals surface area contributed by atoms with Crippen LogP contribution in [0.4, 0.5) is 0 Å². The molecular weight excluding hydrogens is 224 g/mol. The minimum Gasteiger partial charge on any atom is -0.483 e. The summed E-state index contributed by atoms with van der Waals surface area (Å²) >= 11 is 5.86. The van der Waals surface area contributed by atoms with Gasteiger partial charge < -0.3 is 4.74 Å². The molecule has 0 aromatic carbocycles. The highest BCUT2D eigenvalue weighted by Crippen LogP contribution is 2.43. The number of ether oxygens (including phenoxy) is 1. The van der Waals surface area contributed by atoms with Gasteiger partial charge in [-0.15, -0.1) is 11.3 Å². The molecule has 0 bridgehead atoms. The Balaban J connectivity index is 2.60. The van der Waals surface area contributed by atoms with Gasteiger partial charge in [0.1, 0.15) is 11.4 Å². The third-order valence-electron chi connectivity index (χ3n) is 2.62. The molecule has 15 heavy (non-hydrogen) atoms. The van der Waals surface area contributed by atoms with Gasteiger partial charge in [0.15, 0.2) is 0 Å². The molecule has 2 rings (SSSR count). The summed E-state index contributed by atoms with van der Waals surface area (Å²) in [5.74, 6) is 0.921. The molecule has 0 saturated heterocycles. The molecule has 0 fully saturated rings. The maximum absolute atomic E-state index is 5.96. The van der Waals surface area contributed by atoms with E-state index in [4.69, 9.17) is 4.74 Å². The molecule has 1 aliphatic rings. The molecule has 80 valence electrons. The number of fused-ring (bicyclic) bond motifs is 1. The van der Waals surface area contributed by atoms with Crippen LogP contribution in [0.1, 0.15) is 31.2 Å². The minimum absolute atomic E-state index is 0.239. The van der Waals surface area contributed by atoms with E-state index in [1.54, 1.807) is 16.7 Å². The highest BCUT2D eigenvalue weighted by atomic mass is 32.1. The van der Waals surface area contributed by atoms with Crippen molar-refractivity contribution in [3.8, 4) is 0 Å². The predicted octanol–water partition coefficient (Wildman–Crippen LogP) is 4.19. The minimum atomic E-state index is -0.239. The second-order valence-electron chi connectivity index (χ2n) is 4.08. The number of thiol groups is 1. The number of allylic oxidation sites excluding steroid dienone is 2. The van der Waals surface area contributed by atoms with Gasteiger partial charge in [0.2, 0.25) is 0 Å². The topological polar surface area (TPSA) is 9.23 Å². The van der Waals surface area contributed by atoms with Gasteiger partial charge in [-0.2, -0.15) is 12.6 Å². The first-order valence-corrected chi connectivity index (χ1v) is 6.25. The molecule has 0 spiro atoms. The Morgan fingerprint density at radius 1 is 1.47 bits per heavy atom. The lowest BCUT2D eigenvalue weighted by Crippen LogP contribution is -2.25. The first-order chi connectivity index (χ1) is 7.06. The van der Waals surface area contributed by atoms with Crippen LogP contribution in [0.3, 0.4) is 0 Å². The second-order valence-corrected chi connectivity index (χ2v) is 5.30. The van der Waals surface area contributed by atoms with Crippen molar-refractivity contribution in [3.63, 3.8) is 0 Å². The van der Waals surface area contributed by atoms with Crippen molar-refractivity contribution in [1.82, 2.24) is 0 Å². The Bertz CT molecular complexity index is 438. The standard InChI is InChI=1S/C12H14OS2/c1-8-10(4-6-14)13-12(2,3)9-5-7-15-11(8)9/h4-7,14H,1-3H3/b6-4-. The quantitative estimate of drug-likeness (QED) is 0.722. The van der Waals surface area contributed by atoms with Crippen LogP contribution in [0, 0.1) is 0 Å². The molecule has 0 N–H and O–H groups in total. The molecule has 1 aromatic heterocycles. The van der Waals surface area contributed by atoms with E-state index < -0.39 is 0 Å². The zero-order valence-electron chi connectivity index (χ0n) is 9.07. The summed E-state index contributed by atoms with van der Waals surface area (Å²) in [6.07, 6.45) is 1.91. The third-order valence-corrected chi connectivity index (χ3v) is 3.80. The van der Waals surface area contributed by atoms with Crippen LogP contribution in [0.25, 0.3) is 5.57 Å². The van der Waals surface area contributed by atoms with Crippen LogP contribution >= 0.6 is 24.0 Å². The van der Waals surface area contributed by atoms with Crippen molar-refractivity contribution < 1.29 is 4.74 Å². The van der Waals surface area contributed by atoms with Gasteiger partial charge in [-0.3, -0.25) is 0 Å². The van der Waals surface area contributed by atoms with Gasteiger partial charge in [-0.25, -0.2) is 0 Å². The maximum Gasteiger partial charge on any atom is 0.130 e. The number of hydrogen-bond acceptors (Lipinski definition) is 3. The first kappa shape index (κ1) is 10.8. The highest BCUT2D eigenvalue weighted by molar-refractivity contribution is 7.83. The molecule has 0 unspecified atom stereocenters. The zero-order chi connectivity index (χ0) is 11.1. The molecule has 0 aliphatic carbocycles. The summed E-state index contributed by atoms with van der Waals surface area (Å²) in [5, 5.41) is 3.83. The maximum atomic E-state index is 5.96. The average Bonchev–Trinajstić information content (AvgIpc) is 2.63. The van der Waals surface area contributed by atoms with Crippen molar-refractivity contribution in [3.05, 3.63) is 39.1 Å². The molecule has 1 aromatic rings. The molecule has 0 amide bonds. The lowest BCUT2D eigenvalue weighted by Gasteiger charge is -2.32. The predicted molar refractivity (Wildman–Crippen MR) is 69.2 cm³/mol. The molecule has 0 radical (unpaired) electrons. The van der Waals surface area contributed by atoms with E-state index in [1.165, 1.54) is 16.0 Å². The van der Waals surface area contributed by atoms with Gasteiger partial charge in [0.25, 0.3) is 0 Å². The van der Waals surface area contributed by atoms with Crippen LogP contribution in [-0.2, 0) is 10.3 Å². The second kappa shape index (κ2) is 3.72. The molecule has 0 saturated carbocycles. The van der Waals surface area contributed by atoms with Crippen molar-refractivity contribution >= 4 is 29.5 Å². The smallest absolute Gasteiger partial charge is 0.130 e. The van der Waals surface area contributed by atoms with Crippen LogP contribution < -0.4 is 0 Å². The van der Waals surface area contributed by atoms with Crippen molar-refractivity contribution in [2.75, 3.05) is 0 Å². The first-order valence-electron chi connectivity index (χ1n) is 4.85. The normalized spacial score (nSPS) is 19.2. The molecule has 2 heterocycles. The van der Waals surface area contributed by atoms with Crippen LogP contribution in [0.5, 0.6) is 0 Å². The van der Waals surface area contributed by atoms with Gasteiger partial charge in [0, 0.05) is 16.0 Å². The summed E-state index contributed by atoms with van der Waals surface area (Å²) in [6, 6.07) is 2.14. The summed E-state index contributed by atoms with van der Waals surface area (Å²) in [7, 11) is 0. The van der Waals surface area contributed by atoms with E-state index in [1.807, 2.05) is 6.08 Å². The van der Waals surface area contributed by atoms with Crippen molar-refractivity contribution in [1.29, 1.82) is 0 Å². The van der Waals surface area contributed by atoms with E-state index >= 15 is 0 Å². The van der Waals surface area contributed by atoms with E-state index in [-0.39, 0.29) is 5.60 Å². The van der Waals surface area contributed by atoms with Crippen LogP contribution in [-0.4, -0.2) is 0 Å². The van der Waals surface area contributed by atoms with Gasteiger partial charge in [0.05, 0.1) is 0 Å². The summed E-state index contributed by atoms with van der Waals surface area (Å²) in [6.45, 7) is 6.28. The van der Waals surface area contributed by atoms with Gasteiger partial charge >= 0.3 is 0 Å². The largest absolute Gasteiger partial charge is 0.483 e. The fourth-order valence-corrected chi connectivity index (χ4v) is 3.01. The summed E-state index contributed by atoms with van der Waals surface area (Å²) < 4.78 is 5.96.